The fourth-order valence-electron chi connectivity index (χ4n) is 2.38. The van der Waals surface area contributed by atoms with E-state index in [0.29, 0.717) is 37.6 Å². The van der Waals surface area contributed by atoms with Crippen LogP contribution in [-0.2, 0) is 22.4 Å². The van der Waals surface area contributed by atoms with Crippen molar-refractivity contribution in [2.24, 2.45) is 0 Å². The van der Waals surface area contributed by atoms with E-state index in [2.05, 4.69) is 25.3 Å². The zero-order valence-electron chi connectivity index (χ0n) is 15.0. The topological polar surface area (TPSA) is 93.1 Å². The molecule has 0 aliphatic heterocycles. The minimum Gasteiger partial charge on any atom is -0.490 e. The molecule has 0 saturated carbocycles. The van der Waals surface area contributed by atoms with E-state index in [1.807, 2.05) is 24.3 Å². The van der Waals surface area contributed by atoms with Crippen LogP contribution in [0.25, 0.3) is 0 Å². The van der Waals surface area contributed by atoms with Gasteiger partial charge in [0.05, 0.1) is 0 Å². The van der Waals surface area contributed by atoms with E-state index in [4.69, 9.17) is 19.7 Å². The second-order valence-corrected chi connectivity index (χ2v) is 7.35. The van der Waals surface area contributed by atoms with Crippen LogP contribution in [0.2, 0.25) is 0 Å². The lowest BCUT2D eigenvalue weighted by Crippen LogP contribution is -2.16. The maximum atomic E-state index is 10.8. The number of carboxylic acids is 2. The highest BCUT2D eigenvalue weighted by atomic mass is 32.1. The first-order valence-electron chi connectivity index (χ1n) is 8.60. The van der Waals surface area contributed by atoms with Crippen molar-refractivity contribution in [3.8, 4) is 11.5 Å². The number of aliphatic carboxylic acids is 2. The van der Waals surface area contributed by atoms with E-state index in [1.165, 1.54) is 0 Å². The van der Waals surface area contributed by atoms with Gasteiger partial charge in [-0.1, -0.05) is 24.3 Å². The molecule has 2 atom stereocenters. The molecule has 0 amide bonds. The van der Waals surface area contributed by atoms with Gasteiger partial charge < -0.3 is 19.7 Å². The Balaban J connectivity index is 1.72. The number of hydrogen-bond acceptors (Lipinski definition) is 6. The monoisotopic (exact) mass is 422 g/mol. The van der Waals surface area contributed by atoms with Gasteiger partial charge in [0.25, 0.3) is 0 Å². The summed E-state index contributed by atoms with van der Waals surface area (Å²) in [4.78, 5) is 21.6. The molecule has 0 aromatic heterocycles. The van der Waals surface area contributed by atoms with Crippen molar-refractivity contribution in [3.05, 3.63) is 59.7 Å². The summed E-state index contributed by atoms with van der Waals surface area (Å²) in [6.07, 6.45) is 0.691. The number of rotatable bonds is 11. The number of hydrogen-bond donors (Lipinski definition) is 4. The average Bonchev–Trinajstić information content (AvgIpc) is 2.67. The van der Waals surface area contributed by atoms with E-state index >= 15 is 0 Å². The summed E-state index contributed by atoms with van der Waals surface area (Å²) in [6.45, 7) is 0.701. The quantitative estimate of drug-likeness (QED) is 0.329. The molecule has 0 saturated heterocycles. The standard InChI is InChI=1S/C20H22O6S2/c21-19(22)17(27)11-13-1-5-15(6-2-13)25-9-10-26-16-7-3-14(4-8-16)12-18(28)20(23)24/h1-8,17-18,27-28H,9-12H2,(H,21,22)(H,23,24). The second kappa shape index (κ2) is 10.9. The van der Waals surface area contributed by atoms with E-state index < -0.39 is 22.4 Å². The third-order valence-corrected chi connectivity index (χ3v) is 4.70. The smallest absolute Gasteiger partial charge is 0.316 e. The zero-order chi connectivity index (χ0) is 20.5. The van der Waals surface area contributed by atoms with Crippen molar-refractivity contribution in [2.45, 2.75) is 23.3 Å². The highest BCUT2D eigenvalue weighted by Gasteiger charge is 2.13. The maximum absolute atomic E-state index is 10.8. The van der Waals surface area contributed by atoms with Crippen molar-refractivity contribution < 1.29 is 29.3 Å². The van der Waals surface area contributed by atoms with Crippen molar-refractivity contribution in [3.63, 3.8) is 0 Å². The van der Waals surface area contributed by atoms with Crippen LogP contribution in [0.3, 0.4) is 0 Å². The largest absolute Gasteiger partial charge is 0.490 e. The maximum Gasteiger partial charge on any atom is 0.316 e. The Labute approximate surface area is 174 Å². The van der Waals surface area contributed by atoms with Crippen LogP contribution in [0.15, 0.2) is 48.5 Å². The Morgan fingerprint density at radius 3 is 1.32 bits per heavy atom. The molecule has 8 heteroatoms. The Morgan fingerprint density at radius 1 is 0.714 bits per heavy atom. The van der Waals surface area contributed by atoms with Crippen LogP contribution in [0.1, 0.15) is 11.1 Å². The molecule has 150 valence electrons. The van der Waals surface area contributed by atoms with Crippen molar-refractivity contribution in [2.75, 3.05) is 13.2 Å². The van der Waals surface area contributed by atoms with Crippen LogP contribution in [0.4, 0.5) is 0 Å². The van der Waals surface area contributed by atoms with Gasteiger partial charge in [0.2, 0.25) is 0 Å². The van der Waals surface area contributed by atoms with Gasteiger partial charge in [0.15, 0.2) is 0 Å². The molecular formula is C20H22O6S2. The summed E-state index contributed by atoms with van der Waals surface area (Å²) in [6, 6.07) is 14.4. The van der Waals surface area contributed by atoms with Gasteiger partial charge in [-0.15, -0.1) is 0 Å². The molecule has 2 rings (SSSR count). The third kappa shape index (κ3) is 7.36. The molecule has 2 unspecified atom stereocenters. The van der Waals surface area contributed by atoms with Crippen molar-refractivity contribution >= 4 is 37.2 Å². The predicted molar refractivity (Wildman–Crippen MR) is 112 cm³/mol. The van der Waals surface area contributed by atoms with Crippen LogP contribution in [0, 0.1) is 0 Å². The second-order valence-electron chi connectivity index (χ2n) is 6.10. The molecule has 0 spiro atoms. The fourth-order valence-corrected chi connectivity index (χ4v) is 2.81. The summed E-state index contributed by atoms with van der Waals surface area (Å²) >= 11 is 8.04. The van der Waals surface area contributed by atoms with Gasteiger partial charge in [-0.2, -0.15) is 25.3 Å². The molecule has 0 fully saturated rings. The lowest BCUT2D eigenvalue weighted by molar-refractivity contribution is -0.137. The van der Waals surface area contributed by atoms with Gasteiger partial charge in [-0.3, -0.25) is 9.59 Å². The van der Waals surface area contributed by atoms with Gasteiger partial charge in [0, 0.05) is 0 Å². The molecular weight excluding hydrogens is 400 g/mol. The number of thiol groups is 2. The summed E-state index contributed by atoms with van der Waals surface area (Å²) < 4.78 is 11.2. The Morgan fingerprint density at radius 2 is 1.04 bits per heavy atom. The minimum absolute atomic E-state index is 0.345. The Kier molecular flexibility index (Phi) is 8.53. The normalized spacial score (nSPS) is 12.8. The molecule has 2 aromatic carbocycles. The first kappa shape index (κ1) is 22.0. The van der Waals surface area contributed by atoms with Crippen LogP contribution < -0.4 is 9.47 Å². The van der Waals surface area contributed by atoms with E-state index in [9.17, 15) is 9.59 Å². The summed E-state index contributed by atoms with van der Waals surface area (Å²) in [5.41, 5.74) is 1.75. The summed E-state index contributed by atoms with van der Waals surface area (Å²) in [5, 5.41) is 16.3. The molecule has 0 heterocycles. The molecule has 0 aliphatic carbocycles. The highest BCUT2D eigenvalue weighted by molar-refractivity contribution is 7.82. The zero-order valence-corrected chi connectivity index (χ0v) is 16.8. The average molecular weight is 423 g/mol. The molecule has 2 N–H and O–H groups in total. The number of carbonyl (C=O) groups is 2. The SMILES string of the molecule is O=C(O)C(S)Cc1ccc(OCCOc2ccc(CC(S)C(=O)O)cc2)cc1. The van der Waals surface area contributed by atoms with E-state index in [0.717, 1.165) is 11.1 Å². The summed E-state index contributed by atoms with van der Waals surface area (Å²) in [7, 11) is 0. The van der Waals surface area contributed by atoms with Crippen molar-refractivity contribution in [1.29, 1.82) is 0 Å². The number of ether oxygens (including phenoxy) is 2. The van der Waals surface area contributed by atoms with Crippen LogP contribution in [0.5, 0.6) is 11.5 Å². The first-order valence-corrected chi connectivity index (χ1v) is 9.63. The van der Waals surface area contributed by atoms with Gasteiger partial charge in [-0.25, -0.2) is 0 Å². The van der Waals surface area contributed by atoms with E-state index in [1.54, 1.807) is 24.3 Å². The Hall–Kier alpha value is -2.32. The van der Waals surface area contributed by atoms with Crippen LogP contribution in [-0.4, -0.2) is 45.9 Å². The van der Waals surface area contributed by atoms with Crippen molar-refractivity contribution in [1.82, 2.24) is 0 Å². The predicted octanol–water partition coefficient (Wildman–Crippen LogP) is 3.00. The molecule has 0 aliphatic rings. The molecule has 6 nitrogen and oxygen atoms in total. The van der Waals surface area contributed by atoms with Crippen LogP contribution >= 0.6 is 25.3 Å². The van der Waals surface area contributed by atoms with Gasteiger partial charge in [-0.05, 0) is 48.2 Å². The molecule has 2 aromatic rings. The summed E-state index contributed by atoms with van der Waals surface area (Å²) in [5.74, 6) is -0.549. The van der Waals surface area contributed by atoms with Gasteiger partial charge >= 0.3 is 11.9 Å². The first-order chi connectivity index (χ1) is 13.3. The van der Waals surface area contributed by atoms with Gasteiger partial charge in [0.1, 0.15) is 35.2 Å². The third-order valence-electron chi connectivity index (χ3n) is 3.90. The molecule has 28 heavy (non-hydrogen) atoms. The molecule has 0 bridgehead atoms. The number of carboxylic acid groups (broad SMARTS) is 2. The Bertz CT molecular complexity index is 709. The lowest BCUT2D eigenvalue weighted by atomic mass is 10.1. The minimum atomic E-state index is -0.943. The fraction of sp³-hybridized carbons (Fsp3) is 0.300. The molecule has 0 radical (unpaired) electrons. The lowest BCUT2D eigenvalue weighted by Gasteiger charge is -2.10. The van der Waals surface area contributed by atoms with E-state index in [-0.39, 0.29) is 0 Å². The highest BCUT2D eigenvalue weighted by Crippen LogP contribution is 2.17. The number of benzene rings is 2.